The first-order valence-corrected chi connectivity index (χ1v) is 7.54. The third-order valence-electron chi connectivity index (χ3n) is 3.29. The highest BCUT2D eigenvalue weighted by Crippen LogP contribution is 2.32. The lowest BCUT2D eigenvalue weighted by atomic mass is 9.99. The lowest BCUT2D eigenvalue weighted by molar-refractivity contribution is -0.144. The SMILES string of the molecule is CCOC(=O)CCC(=O)N[C@H](Cc1ccccc1C(F)(F)F)C(N)=O. The second kappa shape index (κ2) is 9.05. The predicted octanol–water partition coefficient (Wildman–Crippen LogP) is 1.56. The summed E-state index contributed by atoms with van der Waals surface area (Å²) in [6.07, 6.45) is -5.46. The maximum absolute atomic E-state index is 13.0. The second-order valence-corrected chi connectivity index (χ2v) is 5.19. The summed E-state index contributed by atoms with van der Waals surface area (Å²) in [5, 5.41) is 2.25. The van der Waals surface area contributed by atoms with Gasteiger partial charge in [0.1, 0.15) is 6.04 Å². The molecule has 0 aromatic heterocycles. The number of ether oxygens (including phenoxy) is 1. The lowest BCUT2D eigenvalue weighted by Gasteiger charge is -2.18. The molecule has 0 unspecified atom stereocenters. The Kier molecular flexibility index (Phi) is 7.41. The fourth-order valence-corrected chi connectivity index (χ4v) is 2.13. The van der Waals surface area contributed by atoms with Crippen molar-refractivity contribution in [2.24, 2.45) is 5.73 Å². The van der Waals surface area contributed by atoms with Gasteiger partial charge in [0.2, 0.25) is 11.8 Å². The highest BCUT2D eigenvalue weighted by atomic mass is 19.4. The van der Waals surface area contributed by atoms with E-state index in [9.17, 15) is 27.6 Å². The molecule has 9 heteroatoms. The molecule has 0 bridgehead atoms. The normalized spacial score (nSPS) is 12.3. The minimum atomic E-state index is -4.59. The van der Waals surface area contributed by atoms with Crippen molar-refractivity contribution in [1.82, 2.24) is 5.32 Å². The molecule has 0 aliphatic rings. The first-order chi connectivity index (χ1) is 11.6. The molecule has 138 valence electrons. The van der Waals surface area contributed by atoms with Crippen LogP contribution in [0.4, 0.5) is 13.2 Å². The molecular weight excluding hydrogens is 341 g/mol. The van der Waals surface area contributed by atoms with E-state index in [0.29, 0.717) is 0 Å². The van der Waals surface area contributed by atoms with Crippen LogP contribution in [0.2, 0.25) is 0 Å². The van der Waals surface area contributed by atoms with Crippen LogP contribution in [0, 0.1) is 0 Å². The molecule has 0 saturated heterocycles. The summed E-state index contributed by atoms with van der Waals surface area (Å²) in [5.74, 6) is -2.24. The van der Waals surface area contributed by atoms with Crippen molar-refractivity contribution in [1.29, 1.82) is 0 Å². The molecule has 0 saturated carbocycles. The Morgan fingerprint density at radius 1 is 1.20 bits per heavy atom. The molecule has 0 spiro atoms. The molecule has 0 heterocycles. The Bertz CT molecular complexity index is 632. The molecule has 0 fully saturated rings. The van der Waals surface area contributed by atoms with Gasteiger partial charge in [0.05, 0.1) is 18.6 Å². The van der Waals surface area contributed by atoms with E-state index < -0.39 is 42.0 Å². The number of alkyl halides is 3. The van der Waals surface area contributed by atoms with E-state index in [-0.39, 0.29) is 25.0 Å². The Hall–Kier alpha value is -2.58. The van der Waals surface area contributed by atoms with Crippen molar-refractivity contribution in [3.8, 4) is 0 Å². The quantitative estimate of drug-likeness (QED) is 0.688. The topological polar surface area (TPSA) is 98.5 Å². The van der Waals surface area contributed by atoms with Gasteiger partial charge in [0.25, 0.3) is 0 Å². The first-order valence-electron chi connectivity index (χ1n) is 7.54. The van der Waals surface area contributed by atoms with Crippen molar-refractivity contribution in [3.63, 3.8) is 0 Å². The Morgan fingerprint density at radius 3 is 2.40 bits per heavy atom. The Labute approximate surface area is 142 Å². The van der Waals surface area contributed by atoms with Crippen molar-refractivity contribution in [3.05, 3.63) is 35.4 Å². The van der Waals surface area contributed by atoms with Gasteiger partial charge in [-0.1, -0.05) is 18.2 Å². The smallest absolute Gasteiger partial charge is 0.416 e. The third-order valence-corrected chi connectivity index (χ3v) is 3.29. The van der Waals surface area contributed by atoms with E-state index in [2.05, 4.69) is 10.1 Å². The van der Waals surface area contributed by atoms with Gasteiger partial charge in [-0.2, -0.15) is 13.2 Å². The average Bonchev–Trinajstić information content (AvgIpc) is 2.52. The molecule has 1 aromatic carbocycles. The molecule has 0 aliphatic heterocycles. The fraction of sp³-hybridized carbons (Fsp3) is 0.438. The number of carbonyl (C=O) groups is 3. The van der Waals surface area contributed by atoms with Crippen LogP contribution in [-0.2, 0) is 31.7 Å². The summed E-state index contributed by atoms with van der Waals surface area (Å²) in [6.45, 7) is 1.78. The minimum Gasteiger partial charge on any atom is -0.466 e. The minimum absolute atomic E-state index is 0.163. The van der Waals surface area contributed by atoms with Gasteiger partial charge in [-0.3, -0.25) is 14.4 Å². The Morgan fingerprint density at radius 2 is 1.84 bits per heavy atom. The van der Waals surface area contributed by atoms with Crippen LogP contribution in [0.1, 0.15) is 30.9 Å². The van der Waals surface area contributed by atoms with Crippen molar-refractivity contribution in [2.75, 3.05) is 6.61 Å². The standard InChI is InChI=1S/C16H19F3N2O4/c1-2-25-14(23)8-7-13(22)21-12(15(20)24)9-10-5-3-4-6-11(10)16(17,18)19/h3-6,12H,2,7-9H2,1H3,(H2,20,24)(H,21,22)/t12-/m1/s1. The molecule has 6 nitrogen and oxygen atoms in total. The predicted molar refractivity (Wildman–Crippen MR) is 82.1 cm³/mol. The number of primary amides is 1. The number of amides is 2. The monoisotopic (exact) mass is 360 g/mol. The van der Waals surface area contributed by atoms with Crippen LogP contribution < -0.4 is 11.1 Å². The maximum atomic E-state index is 13.0. The van der Waals surface area contributed by atoms with Gasteiger partial charge < -0.3 is 15.8 Å². The zero-order chi connectivity index (χ0) is 19.0. The van der Waals surface area contributed by atoms with E-state index in [1.165, 1.54) is 18.2 Å². The number of esters is 1. The van der Waals surface area contributed by atoms with E-state index in [1.807, 2.05) is 0 Å². The van der Waals surface area contributed by atoms with Gasteiger partial charge in [-0.05, 0) is 18.6 Å². The van der Waals surface area contributed by atoms with E-state index in [0.717, 1.165) is 6.07 Å². The van der Waals surface area contributed by atoms with Crippen molar-refractivity contribution in [2.45, 2.75) is 38.4 Å². The zero-order valence-electron chi connectivity index (χ0n) is 13.6. The molecule has 1 aromatic rings. The summed E-state index contributed by atoms with van der Waals surface area (Å²) in [6, 6.07) is 3.40. The fourth-order valence-electron chi connectivity index (χ4n) is 2.13. The summed E-state index contributed by atoms with van der Waals surface area (Å²) in [4.78, 5) is 34.5. The van der Waals surface area contributed by atoms with Gasteiger partial charge in [-0.15, -0.1) is 0 Å². The summed E-state index contributed by atoms with van der Waals surface area (Å²) >= 11 is 0. The highest BCUT2D eigenvalue weighted by Gasteiger charge is 2.34. The van der Waals surface area contributed by atoms with E-state index in [1.54, 1.807) is 6.92 Å². The van der Waals surface area contributed by atoms with Crippen LogP contribution >= 0.6 is 0 Å². The molecule has 0 radical (unpaired) electrons. The van der Waals surface area contributed by atoms with Gasteiger partial charge in [-0.25, -0.2) is 0 Å². The van der Waals surface area contributed by atoms with Crippen LogP contribution in [-0.4, -0.2) is 30.4 Å². The van der Waals surface area contributed by atoms with Crippen LogP contribution in [0.5, 0.6) is 0 Å². The number of rotatable bonds is 8. The summed E-state index contributed by atoms with van der Waals surface area (Å²) in [7, 11) is 0. The number of nitrogens with one attached hydrogen (secondary N) is 1. The molecule has 3 N–H and O–H groups in total. The number of nitrogens with two attached hydrogens (primary N) is 1. The number of carbonyl (C=O) groups excluding carboxylic acids is 3. The number of benzene rings is 1. The van der Waals surface area contributed by atoms with Crippen LogP contribution in [0.25, 0.3) is 0 Å². The van der Waals surface area contributed by atoms with E-state index in [4.69, 9.17) is 5.73 Å². The highest BCUT2D eigenvalue weighted by molar-refractivity contribution is 5.88. The van der Waals surface area contributed by atoms with E-state index >= 15 is 0 Å². The average molecular weight is 360 g/mol. The van der Waals surface area contributed by atoms with Crippen LogP contribution in [0.3, 0.4) is 0 Å². The first kappa shape index (κ1) is 20.5. The molecule has 1 atom stereocenters. The van der Waals surface area contributed by atoms with Gasteiger partial charge >= 0.3 is 12.1 Å². The second-order valence-electron chi connectivity index (χ2n) is 5.19. The molecule has 0 aliphatic carbocycles. The molecule has 2 amide bonds. The number of hydrogen-bond donors (Lipinski definition) is 2. The van der Waals surface area contributed by atoms with Crippen molar-refractivity contribution < 1.29 is 32.3 Å². The largest absolute Gasteiger partial charge is 0.466 e. The van der Waals surface area contributed by atoms with Crippen LogP contribution in [0.15, 0.2) is 24.3 Å². The van der Waals surface area contributed by atoms with Gasteiger partial charge in [0.15, 0.2) is 0 Å². The third kappa shape index (κ3) is 6.82. The Balaban J connectivity index is 2.78. The summed E-state index contributed by atoms with van der Waals surface area (Å²) in [5.41, 5.74) is 4.11. The maximum Gasteiger partial charge on any atom is 0.416 e. The number of hydrogen-bond acceptors (Lipinski definition) is 4. The molecular formula is C16H19F3N2O4. The lowest BCUT2D eigenvalue weighted by Crippen LogP contribution is -2.46. The number of halogens is 3. The van der Waals surface area contributed by atoms with Gasteiger partial charge in [0, 0.05) is 12.8 Å². The van der Waals surface area contributed by atoms with Crippen molar-refractivity contribution >= 4 is 17.8 Å². The summed E-state index contributed by atoms with van der Waals surface area (Å²) < 4.78 is 43.6. The molecule has 25 heavy (non-hydrogen) atoms. The zero-order valence-corrected chi connectivity index (χ0v) is 13.6. The molecule has 1 rings (SSSR count).